The molecule has 1 aliphatic heterocycles. The highest BCUT2D eigenvalue weighted by atomic mass is 16.7. The van der Waals surface area contributed by atoms with Crippen molar-refractivity contribution in [3.05, 3.63) is 12.5 Å². The van der Waals surface area contributed by atoms with Gasteiger partial charge in [-0.05, 0) is 0 Å². The van der Waals surface area contributed by atoms with Crippen molar-refractivity contribution in [2.75, 3.05) is 6.79 Å². The van der Waals surface area contributed by atoms with E-state index in [4.69, 9.17) is 0 Å². The van der Waals surface area contributed by atoms with Gasteiger partial charge in [0.25, 0.3) is 0 Å². The van der Waals surface area contributed by atoms with Crippen LogP contribution in [-0.4, -0.2) is 6.79 Å². The number of rotatable bonds is 2. The Labute approximate surface area is 62.8 Å². The van der Waals surface area contributed by atoms with Gasteiger partial charge in [0.2, 0.25) is 6.79 Å². The Kier molecular flexibility index (Phi) is 7.79. The van der Waals surface area contributed by atoms with E-state index in [-0.39, 0.29) is 0 Å². The molecule has 0 aliphatic carbocycles. The van der Waals surface area contributed by atoms with Gasteiger partial charge < -0.3 is 9.47 Å². The van der Waals surface area contributed by atoms with Crippen LogP contribution in [-0.2, 0) is 9.47 Å². The third-order valence-corrected chi connectivity index (χ3v) is 1.09. The maximum absolute atomic E-state index is 4.54. The standard InChI is InChI=1S/C5H12.C3H4O2/c1-3-5-4-2;1-2-5-3-4-1/h3-5H2,1-2H3;1-2H,3H2. The Morgan fingerprint density at radius 1 is 1.10 bits per heavy atom. The van der Waals surface area contributed by atoms with Crippen LogP contribution in [0, 0.1) is 0 Å². The maximum atomic E-state index is 4.54. The first-order valence-electron chi connectivity index (χ1n) is 3.80. The van der Waals surface area contributed by atoms with E-state index in [0.717, 1.165) is 0 Å². The average Bonchev–Trinajstić information content (AvgIpc) is 2.44. The lowest BCUT2D eigenvalue weighted by atomic mass is 10.3. The minimum Gasteiger partial charge on any atom is -0.462 e. The van der Waals surface area contributed by atoms with E-state index in [9.17, 15) is 0 Å². The van der Waals surface area contributed by atoms with Gasteiger partial charge in [0.05, 0.1) is 0 Å². The number of hydrogen-bond donors (Lipinski definition) is 0. The molecule has 0 radical (unpaired) electrons. The van der Waals surface area contributed by atoms with Gasteiger partial charge in [-0.1, -0.05) is 33.1 Å². The van der Waals surface area contributed by atoms with E-state index in [2.05, 4.69) is 23.3 Å². The number of hydrogen-bond acceptors (Lipinski definition) is 2. The normalized spacial score (nSPS) is 13.0. The van der Waals surface area contributed by atoms with E-state index in [1.165, 1.54) is 31.8 Å². The molecule has 0 amide bonds. The van der Waals surface area contributed by atoms with E-state index in [1.807, 2.05) is 0 Å². The zero-order chi connectivity index (χ0) is 7.66. The average molecular weight is 144 g/mol. The summed E-state index contributed by atoms with van der Waals surface area (Å²) in [6, 6.07) is 0. The van der Waals surface area contributed by atoms with Crippen molar-refractivity contribution < 1.29 is 9.47 Å². The molecular formula is C8H16O2. The van der Waals surface area contributed by atoms with E-state index < -0.39 is 0 Å². The van der Waals surface area contributed by atoms with Crippen molar-refractivity contribution in [2.24, 2.45) is 0 Å². The Hall–Kier alpha value is -0.660. The molecule has 0 bridgehead atoms. The van der Waals surface area contributed by atoms with Crippen LogP contribution in [0.5, 0.6) is 0 Å². The first-order chi connectivity index (χ1) is 4.91. The van der Waals surface area contributed by atoms with Crippen LogP contribution >= 0.6 is 0 Å². The molecule has 0 spiro atoms. The van der Waals surface area contributed by atoms with E-state index in [1.54, 1.807) is 0 Å². The van der Waals surface area contributed by atoms with Crippen molar-refractivity contribution in [1.82, 2.24) is 0 Å². The smallest absolute Gasteiger partial charge is 0.229 e. The summed E-state index contributed by atoms with van der Waals surface area (Å²) < 4.78 is 9.08. The maximum Gasteiger partial charge on any atom is 0.229 e. The minimum absolute atomic E-state index is 0.389. The molecule has 2 heteroatoms. The molecule has 1 heterocycles. The van der Waals surface area contributed by atoms with Crippen molar-refractivity contribution in [3.63, 3.8) is 0 Å². The summed E-state index contributed by atoms with van der Waals surface area (Å²) in [5.41, 5.74) is 0. The van der Waals surface area contributed by atoms with Crippen molar-refractivity contribution >= 4 is 0 Å². The molecule has 0 aromatic heterocycles. The molecule has 0 saturated heterocycles. The SMILES string of the molecule is C1=COCO1.CCCCC. The van der Waals surface area contributed by atoms with Gasteiger partial charge in [0.15, 0.2) is 0 Å². The van der Waals surface area contributed by atoms with Crippen LogP contribution in [0.25, 0.3) is 0 Å². The molecule has 0 atom stereocenters. The van der Waals surface area contributed by atoms with Gasteiger partial charge in [-0.25, -0.2) is 0 Å². The molecule has 0 fully saturated rings. The van der Waals surface area contributed by atoms with E-state index >= 15 is 0 Å². The summed E-state index contributed by atoms with van der Waals surface area (Å²) in [5.74, 6) is 0. The van der Waals surface area contributed by atoms with Crippen molar-refractivity contribution in [2.45, 2.75) is 33.1 Å². The molecule has 0 N–H and O–H groups in total. The molecule has 0 aromatic carbocycles. The first-order valence-corrected chi connectivity index (χ1v) is 3.80. The van der Waals surface area contributed by atoms with Crippen LogP contribution in [0.15, 0.2) is 12.5 Å². The lowest BCUT2D eigenvalue weighted by molar-refractivity contribution is 0.0920. The fraction of sp³-hybridized carbons (Fsp3) is 0.750. The second-order valence-electron chi connectivity index (χ2n) is 2.08. The quantitative estimate of drug-likeness (QED) is 0.593. The highest BCUT2D eigenvalue weighted by Crippen LogP contribution is 1.88. The molecule has 60 valence electrons. The van der Waals surface area contributed by atoms with Crippen LogP contribution in [0.1, 0.15) is 33.1 Å². The fourth-order valence-corrected chi connectivity index (χ4v) is 0.550. The molecule has 1 rings (SSSR count). The van der Waals surface area contributed by atoms with Gasteiger partial charge in [-0.3, -0.25) is 0 Å². The molecule has 0 aromatic rings. The molecule has 1 aliphatic rings. The summed E-state index contributed by atoms with van der Waals surface area (Å²) in [6.07, 6.45) is 7.10. The van der Waals surface area contributed by atoms with Gasteiger partial charge in [-0.15, -0.1) is 0 Å². The lowest BCUT2D eigenvalue weighted by Crippen LogP contribution is -1.75. The predicted octanol–water partition coefficient (Wildman–Crippen LogP) is 2.66. The minimum atomic E-state index is 0.389. The fourth-order valence-electron chi connectivity index (χ4n) is 0.550. The Bertz CT molecular complexity index is 71.3. The molecular weight excluding hydrogens is 128 g/mol. The largest absolute Gasteiger partial charge is 0.462 e. The summed E-state index contributed by atoms with van der Waals surface area (Å²) >= 11 is 0. The zero-order valence-corrected chi connectivity index (χ0v) is 6.80. The predicted molar refractivity (Wildman–Crippen MR) is 41.4 cm³/mol. The van der Waals surface area contributed by atoms with Gasteiger partial charge >= 0.3 is 0 Å². The molecule has 2 nitrogen and oxygen atoms in total. The highest BCUT2D eigenvalue weighted by molar-refractivity contribution is 4.63. The topological polar surface area (TPSA) is 18.5 Å². The van der Waals surface area contributed by atoms with Crippen LogP contribution < -0.4 is 0 Å². The molecule has 10 heavy (non-hydrogen) atoms. The third kappa shape index (κ3) is 7.34. The monoisotopic (exact) mass is 144 g/mol. The van der Waals surface area contributed by atoms with Gasteiger partial charge in [-0.2, -0.15) is 0 Å². The summed E-state index contributed by atoms with van der Waals surface area (Å²) in [7, 11) is 0. The highest BCUT2D eigenvalue weighted by Gasteiger charge is 1.82. The van der Waals surface area contributed by atoms with Gasteiger partial charge in [0.1, 0.15) is 12.5 Å². The number of ether oxygens (including phenoxy) is 2. The van der Waals surface area contributed by atoms with Crippen LogP contribution in [0.3, 0.4) is 0 Å². The Balaban J connectivity index is 0.000000162. The van der Waals surface area contributed by atoms with Crippen molar-refractivity contribution in [1.29, 1.82) is 0 Å². The Morgan fingerprint density at radius 2 is 1.60 bits per heavy atom. The third-order valence-electron chi connectivity index (χ3n) is 1.09. The molecule has 0 unspecified atom stereocenters. The zero-order valence-electron chi connectivity index (χ0n) is 6.80. The summed E-state index contributed by atoms with van der Waals surface area (Å²) in [6.45, 7) is 4.81. The van der Waals surface area contributed by atoms with E-state index in [0.29, 0.717) is 6.79 Å². The second-order valence-corrected chi connectivity index (χ2v) is 2.08. The summed E-state index contributed by atoms with van der Waals surface area (Å²) in [5, 5.41) is 0. The first kappa shape index (κ1) is 9.34. The second kappa shape index (κ2) is 8.34. The van der Waals surface area contributed by atoms with Crippen LogP contribution in [0.4, 0.5) is 0 Å². The lowest BCUT2D eigenvalue weighted by Gasteiger charge is -1.82. The number of unbranched alkanes of at least 4 members (excludes halogenated alkanes) is 2. The van der Waals surface area contributed by atoms with Crippen molar-refractivity contribution in [3.8, 4) is 0 Å². The van der Waals surface area contributed by atoms with Crippen LogP contribution in [0.2, 0.25) is 0 Å². The molecule has 0 saturated carbocycles. The summed E-state index contributed by atoms with van der Waals surface area (Å²) in [4.78, 5) is 0. The Morgan fingerprint density at radius 3 is 1.70 bits per heavy atom. The van der Waals surface area contributed by atoms with Gasteiger partial charge in [0, 0.05) is 0 Å².